The highest BCUT2D eigenvalue weighted by molar-refractivity contribution is 6.20. The van der Waals surface area contributed by atoms with E-state index < -0.39 is 0 Å². The lowest BCUT2D eigenvalue weighted by Gasteiger charge is -2.14. The molecule has 0 aliphatic carbocycles. The van der Waals surface area contributed by atoms with E-state index in [1.807, 2.05) is 0 Å². The van der Waals surface area contributed by atoms with Gasteiger partial charge in [-0.1, -0.05) is 27.7 Å². The molecule has 0 bridgehead atoms. The van der Waals surface area contributed by atoms with Crippen molar-refractivity contribution in [3.05, 3.63) is 0 Å². The van der Waals surface area contributed by atoms with Crippen LogP contribution >= 0.6 is 11.6 Å². The van der Waals surface area contributed by atoms with Crippen LogP contribution in [0, 0.1) is 11.8 Å². The third-order valence-corrected chi connectivity index (χ3v) is 2.10. The van der Waals surface area contributed by atoms with Gasteiger partial charge in [-0.3, -0.25) is 0 Å². The molecule has 0 aliphatic heterocycles. The van der Waals surface area contributed by atoms with E-state index in [9.17, 15) is 0 Å². The molecule has 56 valence electrons. The largest absolute Gasteiger partial charge is 0.123 e. The average Bonchev–Trinajstić information content (AvgIpc) is 1.63. The normalized spacial score (nSPS) is 15.0. The van der Waals surface area contributed by atoms with Crippen molar-refractivity contribution in [3.63, 3.8) is 0 Å². The third-order valence-electron chi connectivity index (χ3n) is 1.42. The van der Waals surface area contributed by atoms with E-state index in [2.05, 4.69) is 27.7 Å². The van der Waals surface area contributed by atoms with Crippen LogP contribution in [0.15, 0.2) is 0 Å². The molecule has 0 aliphatic rings. The fourth-order valence-corrected chi connectivity index (χ4v) is 1.08. The Morgan fingerprint density at radius 1 is 1.11 bits per heavy atom. The molecule has 0 rings (SSSR count). The summed E-state index contributed by atoms with van der Waals surface area (Å²) in [5.74, 6) is 1.35. The first-order valence-corrected chi connectivity index (χ1v) is 4.11. The summed E-state index contributed by atoms with van der Waals surface area (Å²) in [6.07, 6.45) is 1.14. The van der Waals surface area contributed by atoms with Gasteiger partial charge in [-0.2, -0.15) is 0 Å². The van der Waals surface area contributed by atoms with E-state index in [1.54, 1.807) is 0 Å². The van der Waals surface area contributed by atoms with Gasteiger partial charge in [0.25, 0.3) is 0 Å². The Morgan fingerprint density at radius 3 is 1.67 bits per heavy atom. The molecule has 0 fully saturated rings. The van der Waals surface area contributed by atoms with E-state index in [0.717, 1.165) is 12.3 Å². The molecule has 0 aromatic rings. The molecule has 0 nitrogen and oxygen atoms in total. The number of hydrogen-bond donors (Lipinski definition) is 0. The third kappa shape index (κ3) is 4.77. The van der Waals surface area contributed by atoms with Crippen molar-refractivity contribution in [1.82, 2.24) is 0 Å². The van der Waals surface area contributed by atoms with Gasteiger partial charge >= 0.3 is 0 Å². The zero-order chi connectivity index (χ0) is 7.44. The standard InChI is InChI=1S/C8H17Cl/c1-6(2)5-8(9)7(3)4/h6-8H,5H2,1-4H3/t8-/m1/s1. The highest BCUT2D eigenvalue weighted by atomic mass is 35.5. The first-order chi connectivity index (χ1) is 4.04. The van der Waals surface area contributed by atoms with Gasteiger partial charge in [0.15, 0.2) is 0 Å². The van der Waals surface area contributed by atoms with Crippen LogP contribution in [-0.2, 0) is 0 Å². The van der Waals surface area contributed by atoms with Crippen LogP contribution in [0.1, 0.15) is 34.1 Å². The quantitative estimate of drug-likeness (QED) is 0.539. The van der Waals surface area contributed by atoms with Crippen molar-refractivity contribution in [2.45, 2.75) is 39.5 Å². The van der Waals surface area contributed by atoms with Crippen molar-refractivity contribution in [1.29, 1.82) is 0 Å². The van der Waals surface area contributed by atoms with E-state index >= 15 is 0 Å². The lowest BCUT2D eigenvalue weighted by molar-refractivity contribution is 0.484. The summed E-state index contributed by atoms with van der Waals surface area (Å²) in [4.78, 5) is 0. The summed E-state index contributed by atoms with van der Waals surface area (Å²) in [5.41, 5.74) is 0. The van der Waals surface area contributed by atoms with Gasteiger partial charge in [-0.05, 0) is 18.3 Å². The van der Waals surface area contributed by atoms with Crippen LogP contribution < -0.4 is 0 Å². The van der Waals surface area contributed by atoms with Crippen molar-refractivity contribution in [2.75, 3.05) is 0 Å². The summed E-state index contributed by atoms with van der Waals surface area (Å²) in [6, 6.07) is 0. The first kappa shape index (κ1) is 9.29. The predicted octanol–water partition coefficient (Wildman–Crippen LogP) is 3.30. The van der Waals surface area contributed by atoms with Gasteiger partial charge in [0, 0.05) is 5.38 Å². The van der Waals surface area contributed by atoms with Gasteiger partial charge < -0.3 is 0 Å². The molecular formula is C8H17Cl. The van der Waals surface area contributed by atoms with Gasteiger partial charge in [0.1, 0.15) is 0 Å². The van der Waals surface area contributed by atoms with Crippen LogP contribution in [0.4, 0.5) is 0 Å². The number of rotatable bonds is 3. The van der Waals surface area contributed by atoms with Gasteiger partial charge in [0.2, 0.25) is 0 Å². The summed E-state index contributed by atoms with van der Waals surface area (Å²) < 4.78 is 0. The van der Waals surface area contributed by atoms with E-state index in [1.165, 1.54) is 0 Å². The Morgan fingerprint density at radius 2 is 1.56 bits per heavy atom. The Balaban J connectivity index is 3.38. The van der Waals surface area contributed by atoms with Crippen LogP contribution in [0.3, 0.4) is 0 Å². The fraction of sp³-hybridized carbons (Fsp3) is 1.00. The molecule has 0 heterocycles. The van der Waals surface area contributed by atoms with Gasteiger partial charge in [-0.15, -0.1) is 11.6 Å². The van der Waals surface area contributed by atoms with Crippen LogP contribution in [0.2, 0.25) is 0 Å². The van der Waals surface area contributed by atoms with Crippen molar-refractivity contribution < 1.29 is 0 Å². The molecule has 0 saturated heterocycles. The number of alkyl halides is 1. The van der Waals surface area contributed by atoms with Crippen molar-refractivity contribution >= 4 is 11.6 Å². The average molecular weight is 149 g/mol. The predicted molar refractivity (Wildman–Crippen MR) is 43.9 cm³/mol. The molecule has 0 spiro atoms. The number of hydrogen-bond acceptors (Lipinski definition) is 0. The second-order valence-corrected chi connectivity index (χ2v) is 3.95. The monoisotopic (exact) mass is 148 g/mol. The van der Waals surface area contributed by atoms with Crippen molar-refractivity contribution in [3.8, 4) is 0 Å². The van der Waals surface area contributed by atoms with E-state index in [0.29, 0.717) is 11.3 Å². The Kier molecular flexibility index (Phi) is 4.29. The highest BCUT2D eigenvalue weighted by Crippen LogP contribution is 2.17. The van der Waals surface area contributed by atoms with Crippen LogP contribution in [0.5, 0.6) is 0 Å². The zero-order valence-corrected chi connectivity index (χ0v) is 7.57. The SMILES string of the molecule is CC(C)C[C@@H](Cl)C(C)C. The maximum Gasteiger partial charge on any atom is 0.0361 e. The smallest absolute Gasteiger partial charge is 0.0361 e. The maximum absolute atomic E-state index is 6.01. The molecule has 0 amide bonds. The number of halogens is 1. The molecule has 0 saturated carbocycles. The topological polar surface area (TPSA) is 0 Å². The second-order valence-electron chi connectivity index (χ2n) is 3.39. The lowest BCUT2D eigenvalue weighted by Crippen LogP contribution is -2.10. The Bertz CT molecular complexity index is 67.0. The van der Waals surface area contributed by atoms with E-state index in [4.69, 9.17) is 11.6 Å². The van der Waals surface area contributed by atoms with Crippen molar-refractivity contribution in [2.24, 2.45) is 11.8 Å². The Labute approximate surface area is 63.6 Å². The molecule has 1 heteroatoms. The lowest BCUT2D eigenvalue weighted by atomic mass is 10.0. The molecule has 0 aromatic heterocycles. The molecule has 0 radical (unpaired) electrons. The molecule has 0 aromatic carbocycles. The molecular weight excluding hydrogens is 132 g/mol. The highest BCUT2D eigenvalue weighted by Gasteiger charge is 2.10. The summed E-state index contributed by atoms with van der Waals surface area (Å²) in [5, 5.41) is 0.366. The minimum atomic E-state index is 0.366. The summed E-state index contributed by atoms with van der Waals surface area (Å²) in [6.45, 7) is 8.75. The van der Waals surface area contributed by atoms with E-state index in [-0.39, 0.29) is 0 Å². The van der Waals surface area contributed by atoms with Crippen LogP contribution in [0.25, 0.3) is 0 Å². The zero-order valence-electron chi connectivity index (χ0n) is 6.82. The summed E-state index contributed by atoms with van der Waals surface area (Å²) in [7, 11) is 0. The molecule has 1 atom stereocenters. The minimum Gasteiger partial charge on any atom is -0.123 e. The molecule has 9 heavy (non-hydrogen) atoms. The minimum absolute atomic E-state index is 0.366. The first-order valence-electron chi connectivity index (χ1n) is 3.68. The van der Waals surface area contributed by atoms with Gasteiger partial charge in [0.05, 0.1) is 0 Å². The van der Waals surface area contributed by atoms with Crippen LogP contribution in [-0.4, -0.2) is 5.38 Å². The Hall–Kier alpha value is 0.290. The second kappa shape index (κ2) is 4.16. The molecule has 0 unspecified atom stereocenters. The molecule has 0 N–H and O–H groups in total. The maximum atomic E-state index is 6.01. The summed E-state index contributed by atoms with van der Waals surface area (Å²) >= 11 is 6.01. The fourth-order valence-electron chi connectivity index (χ4n) is 0.723. The van der Waals surface area contributed by atoms with Gasteiger partial charge in [-0.25, -0.2) is 0 Å².